The monoisotopic (exact) mass is 264 g/mol. The quantitative estimate of drug-likeness (QED) is 0.769. The van der Waals surface area contributed by atoms with Crippen LogP contribution in [0.4, 0.5) is 4.39 Å². The molecule has 0 spiro atoms. The van der Waals surface area contributed by atoms with Gasteiger partial charge < -0.3 is 4.42 Å². The normalized spacial score (nSPS) is 19.7. The van der Waals surface area contributed by atoms with Crippen molar-refractivity contribution in [3.8, 4) is 0 Å². The molecule has 1 aromatic carbocycles. The number of hydrogen-bond donors (Lipinski definition) is 1. The van der Waals surface area contributed by atoms with Gasteiger partial charge in [-0.05, 0) is 18.6 Å². The number of fused-ring (bicyclic) bond motifs is 1. The van der Waals surface area contributed by atoms with E-state index in [9.17, 15) is 18.8 Å². The topological polar surface area (TPSA) is 81.3 Å². The predicted octanol–water partition coefficient (Wildman–Crippen LogP) is 0.711. The summed E-state index contributed by atoms with van der Waals surface area (Å²) in [6, 6.07) is 3.23. The zero-order valence-electron chi connectivity index (χ0n) is 9.68. The third kappa shape index (κ3) is 1.74. The van der Waals surface area contributed by atoms with Gasteiger partial charge in [0.25, 0.3) is 0 Å². The van der Waals surface area contributed by atoms with Crippen LogP contribution in [0.15, 0.2) is 27.4 Å². The van der Waals surface area contributed by atoms with Crippen molar-refractivity contribution in [3.63, 3.8) is 0 Å². The smallest absolute Gasteiger partial charge is 0.405 e. The molecule has 3 rings (SSSR count). The summed E-state index contributed by atoms with van der Waals surface area (Å²) in [6.07, 6.45) is 0.320. The number of aromatic nitrogens is 1. The number of rotatable bonds is 1. The molecule has 1 aliphatic heterocycles. The molecule has 7 heteroatoms. The van der Waals surface area contributed by atoms with E-state index >= 15 is 0 Å². The predicted molar refractivity (Wildman–Crippen MR) is 61.9 cm³/mol. The minimum Gasteiger partial charge on any atom is -0.405 e. The summed E-state index contributed by atoms with van der Waals surface area (Å²) in [6.45, 7) is 0. The van der Waals surface area contributed by atoms with Crippen LogP contribution in [0.25, 0.3) is 11.1 Å². The summed E-state index contributed by atoms with van der Waals surface area (Å²) in [5, 5.41) is 2.15. The number of amides is 2. The minimum absolute atomic E-state index is 0.130. The van der Waals surface area contributed by atoms with Crippen LogP contribution in [-0.4, -0.2) is 16.4 Å². The Kier molecular flexibility index (Phi) is 2.48. The van der Waals surface area contributed by atoms with Crippen molar-refractivity contribution < 1.29 is 18.4 Å². The lowest BCUT2D eigenvalue weighted by atomic mass is 10.1. The SMILES string of the molecule is O=C1CCC(n2c(=O)oc3c(F)cccc32)C(=O)N1. The number of benzene rings is 1. The Hall–Kier alpha value is -2.44. The van der Waals surface area contributed by atoms with Crippen LogP contribution in [0.2, 0.25) is 0 Å². The standard InChI is InChI=1S/C12H9FN2O4/c13-6-2-1-3-7-10(6)19-12(18)15(7)8-4-5-9(16)14-11(8)17/h1-3,8H,4-5H2,(H,14,16,17). The fourth-order valence-corrected chi connectivity index (χ4v) is 2.25. The molecule has 2 aromatic rings. The van der Waals surface area contributed by atoms with E-state index in [1.165, 1.54) is 18.2 Å². The number of carbonyl (C=O) groups excluding carboxylic acids is 2. The van der Waals surface area contributed by atoms with Gasteiger partial charge in [-0.15, -0.1) is 0 Å². The van der Waals surface area contributed by atoms with Gasteiger partial charge >= 0.3 is 5.76 Å². The summed E-state index contributed by atoms with van der Waals surface area (Å²) >= 11 is 0. The number of imide groups is 1. The second kappa shape index (κ2) is 4.04. The second-order valence-electron chi connectivity index (χ2n) is 4.29. The summed E-state index contributed by atoms with van der Waals surface area (Å²) in [4.78, 5) is 34.6. The highest BCUT2D eigenvalue weighted by molar-refractivity contribution is 6.00. The molecule has 1 unspecified atom stereocenters. The van der Waals surface area contributed by atoms with Crippen LogP contribution in [0.3, 0.4) is 0 Å². The number of carbonyl (C=O) groups is 2. The molecule has 1 saturated heterocycles. The van der Waals surface area contributed by atoms with E-state index in [1.807, 2.05) is 0 Å². The Balaban J connectivity index is 2.18. The number of hydrogen-bond acceptors (Lipinski definition) is 4. The third-order valence-corrected chi connectivity index (χ3v) is 3.11. The van der Waals surface area contributed by atoms with E-state index in [-0.39, 0.29) is 29.8 Å². The van der Waals surface area contributed by atoms with Crippen LogP contribution < -0.4 is 11.1 Å². The van der Waals surface area contributed by atoms with E-state index in [1.54, 1.807) is 0 Å². The Morgan fingerprint density at radius 3 is 2.84 bits per heavy atom. The highest BCUT2D eigenvalue weighted by atomic mass is 19.1. The van der Waals surface area contributed by atoms with Gasteiger partial charge in [-0.3, -0.25) is 19.5 Å². The van der Waals surface area contributed by atoms with E-state index in [0.29, 0.717) is 0 Å². The molecule has 0 radical (unpaired) electrons. The Labute approximate surface area is 105 Å². The van der Waals surface area contributed by atoms with Crippen molar-refractivity contribution in [1.29, 1.82) is 0 Å². The van der Waals surface area contributed by atoms with Crippen molar-refractivity contribution in [1.82, 2.24) is 9.88 Å². The fraction of sp³-hybridized carbons (Fsp3) is 0.250. The first-order chi connectivity index (χ1) is 9.08. The number of nitrogens with zero attached hydrogens (tertiary/aromatic N) is 1. The lowest BCUT2D eigenvalue weighted by Crippen LogP contribution is -2.43. The molecule has 0 aliphatic carbocycles. The molecule has 1 fully saturated rings. The summed E-state index contributed by atoms with van der Waals surface area (Å²) in [7, 11) is 0. The van der Waals surface area contributed by atoms with E-state index in [2.05, 4.69) is 5.32 Å². The van der Waals surface area contributed by atoms with Gasteiger partial charge in [0.05, 0.1) is 5.52 Å². The maximum atomic E-state index is 13.5. The largest absolute Gasteiger partial charge is 0.420 e. The molecule has 1 atom stereocenters. The van der Waals surface area contributed by atoms with Gasteiger partial charge in [0.15, 0.2) is 11.4 Å². The van der Waals surface area contributed by atoms with Crippen molar-refractivity contribution in [3.05, 3.63) is 34.6 Å². The van der Waals surface area contributed by atoms with E-state index < -0.39 is 23.5 Å². The molecule has 19 heavy (non-hydrogen) atoms. The van der Waals surface area contributed by atoms with Crippen molar-refractivity contribution in [2.24, 2.45) is 0 Å². The number of nitrogens with one attached hydrogen (secondary N) is 1. The average Bonchev–Trinajstić information content (AvgIpc) is 2.68. The summed E-state index contributed by atoms with van der Waals surface area (Å²) in [5.41, 5.74) is 0.0247. The minimum atomic E-state index is -0.853. The molecule has 1 N–H and O–H groups in total. The van der Waals surface area contributed by atoms with Crippen molar-refractivity contribution in [2.45, 2.75) is 18.9 Å². The first-order valence-corrected chi connectivity index (χ1v) is 5.71. The third-order valence-electron chi connectivity index (χ3n) is 3.11. The summed E-state index contributed by atoms with van der Waals surface area (Å²) < 4.78 is 19.4. The maximum Gasteiger partial charge on any atom is 0.420 e. The molecule has 1 aromatic heterocycles. The van der Waals surface area contributed by atoms with E-state index in [4.69, 9.17) is 4.42 Å². The lowest BCUT2D eigenvalue weighted by molar-refractivity contribution is -0.135. The van der Waals surface area contributed by atoms with Crippen molar-refractivity contribution in [2.75, 3.05) is 0 Å². The molecule has 6 nitrogen and oxygen atoms in total. The fourth-order valence-electron chi connectivity index (χ4n) is 2.25. The van der Waals surface area contributed by atoms with Crippen LogP contribution in [0.5, 0.6) is 0 Å². The molecular formula is C12H9FN2O4. The Morgan fingerprint density at radius 2 is 2.11 bits per heavy atom. The summed E-state index contributed by atoms with van der Waals surface area (Å²) in [5.74, 6) is -2.44. The first kappa shape index (κ1) is 11.6. The highest BCUT2D eigenvalue weighted by Crippen LogP contribution is 2.24. The number of oxazole rings is 1. The van der Waals surface area contributed by atoms with Crippen LogP contribution in [0.1, 0.15) is 18.9 Å². The van der Waals surface area contributed by atoms with Crippen LogP contribution in [-0.2, 0) is 9.59 Å². The average molecular weight is 264 g/mol. The van der Waals surface area contributed by atoms with Gasteiger partial charge in [-0.25, -0.2) is 9.18 Å². The van der Waals surface area contributed by atoms with Crippen LogP contribution >= 0.6 is 0 Å². The van der Waals surface area contributed by atoms with Gasteiger partial charge in [0, 0.05) is 6.42 Å². The highest BCUT2D eigenvalue weighted by Gasteiger charge is 2.31. The molecule has 2 amide bonds. The van der Waals surface area contributed by atoms with Gasteiger partial charge in [0.2, 0.25) is 11.8 Å². The number of piperidine rings is 1. The zero-order valence-corrected chi connectivity index (χ0v) is 9.68. The second-order valence-corrected chi connectivity index (χ2v) is 4.29. The molecular weight excluding hydrogens is 255 g/mol. The molecule has 2 heterocycles. The van der Waals surface area contributed by atoms with E-state index in [0.717, 1.165) is 4.57 Å². The lowest BCUT2D eigenvalue weighted by Gasteiger charge is -2.21. The zero-order chi connectivity index (χ0) is 13.6. The molecule has 0 saturated carbocycles. The maximum absolute atomic E-state index is 13.5. The van der Waals surface area contributed by atoms with Crippen LogP contribution in [0, 0.1) is 5.82 Å². The molecule has 0 bridgehead atoms. The molecule has 1 aliphatic rings. The number of para-hydroxylation sites is 1. The van der Waals surface area contributed by atoms with Gasteiger partial charge in [-0.2, -0.15) is 0 Å². The van der Waals surface area contributed by atoms with Gasteiger partial charge in [-0.1, -0.05) is 6.07 Å². The number of halogens is 1. The van der Waals surface area contributed by atoms with Crippen molar-refractivity contribution >= 4 is 22.9 Å². The Morgan fingerprint density at radius 1 is 1.32 bits per heavy atom. The van der Waals surface area contributed by atoms with Gasteiger partial charge in [0.1, 0.15) is 6.04 Å². The molecule has 98 valence electrons. The first-order valence-electron chi connectivity index (χ1n) is 5.71. The Bertz CT molecular complexity index is 746.